The van der Waals surface area contributed by atoms with Crippen LogP contribution >= 0.6 is 0 Å². The van der Waals surface area contributed by atoms with Crippen LogP contribution in [-0.2, 0) is 20.9 Å². The van der Waals surface area contributed by atoms with Crippen LogP contribution < -0.4 is 16.1 Å². The largest absolute Gasteiger partial charge is 0.356 e. The lowest BCUT2D eigenvalue weighted by Gasteiger charge is -2.27. The number of rotatable bonds is 8. The molecule has 1 aliphatic rings. The SMILES string of the molecule is C[S@](=N)(=O)CCNC(=O)CNc1nonc1C(=N[C@H]1Cc2ccc(F)cc21)NO. The average Bonchev–Trinajstić information content (AvgIpc) is 3.10. The third kappa shape index (κ3) is 5.26. The predicted octanol–water partition coefficient (Wildman–Crippen LogP) is 0.436. The van der Waals surface area contributed by atoms with Crippen LogP contribution in [0.2, 0.25) is 0 Å². The van der Waals surface area contributed by atoms with Crippen LogP contribution in [0.4, 0.5) is 10.2 Å². The van der Waals surface area contributed by atoms with Crippen molar-refractivity contribution in [1.29, 1.82) is 4.78 Å². The molecule has 0 bridgehead atoms. The lowest BCUT2D eigenvalue weighted by Crippen LogP contribution is -2.33. The topological polar surface area (TPSA) is 166 Å². The van der Waals surface area contributed by atoms with Gasteiger partial charge in [0, 0.05) is 28.3 Å². The lowest BCUT2D eigenvalue weighted by molar-refractivity contribution is -0.119. The Balaban J connectivity index is 1.63. The second kappa shape index (κ2) is 8.53. The Morgan fingerprint density at radius 1 is 1.48 bits per heavy atom. The Hall–Kier alpha value is -3.06. The zero-order chi connectivity index (χ0) is 21.0. The highest BCUT2D eigenvalue weighted by molar-refractivity contribution is 7.91. The molecule has 1 aromatic carbocycles. The van der Waals surface area contributed by atoms with Gasteiger partial charge < -0.3 is 10.6 Å². The molecule has 2 aromatic rings. The molecule has 0 spiro atoms. The van der Waals surface area contributed by atoms with E-state index in [0.29, 0.717) is 12.0 Å². The van der Waals surface area contributed by atoms with Crippen LogP contribution in [0.25, 0.3) is 0 Å². The van der Waals surface area contributed by atoms with Gasteiger partial charge in [-0.25, -0.2) is 9.02 Å². The normalized spacial score (nSPS) is 17.6. The molecule has 0 fully saturated rings. The molecule has 1 aromatic heterocycles. The number of anilines is 1. The fraction of sp³-hybridized carbons (Fsp3) is 0.375. The molecule has 0 unspecified atom stereocenters. The van der Waals surface area contributed by atoms with E-state index in [1.54, 1.807) is 6.07 Å². The number of aromatic nitrogens is 2. The molecule has 1 amide bonds. The van der Waals surface area contributed by atoms with Gasteiger partial charge in [0.1, 0.15) is 5.82 Å². The van der Waals surface area contributed by atoms with Crippen molar-refractivity contribution in [3.63, 3.8) is 0 Å². The van der Waals surface area contributed by atoms with Gasteiger partial charge in [-0.2, -0.15) is 0 Å². The lowest BCUT2D eigenvalue weighted by atomic mass is 9.83. The Kier molecular flexibility index (Phi) is 6.08. The van der Waals surface area contributed by atoms with E-state index >= 15 is 0 Å². The van der Waals surface area contributed by atoms with Crippen molar-refractivity contribution >= 4 is 27.3 Å². The zero-order valence-corrected chi connectivity index (χ0v) is 16.3. The van der Waals surface area contributed by atoms with Gasteiger partial charge in [0.25, 0.3) is 0 Å². The number of fused-ring (bicyclic) bond motifs is 1. The van der Waals surface area contributed by atoms with Gasteiger partial charge in [0.05, 0.1) is 12.6 Å². The van der Waals surface area contributed by atoms with Crippen LogP contribution in [0.5, 0.6) is 0 Å². The molecule has 11 nitrogen and oxygen atoms in total. The molecule has 29 heavy (non-hydrogen) atoms. The van der Waals surface area contributed by atoms with Gasteiger partial charge >= 0.3 is 0 Å². The number of nitrogens with one attached hydrogen (secondary N) is 4. The maximum Gasteiger partial charge on any atom is 0.239 e. The Labute approximate surface area is 165 Å². The number of nitrogens with zero attached hydrogens (tertiary/aromatic N) is 3. The molecule has 156 valence electrons. The third-order valence-corrected chi connectivity index (χ3v) is 5.20. The minimum absolute atomic E-state index is 0.0458. The van der Waals surface area contributed by atoms with E-state index < -0.39 is 15.6 Å². The molecular formula is C16H20FN7O4S. The van der Waals surface area contributed by atoms with E-state index in [-0.39, 0.29) is 48.0 Å². The molecule has 1 heterocycles. The Bertz CT molecular complexity index is 1040. The molecule has 0 aliphatic heterocycles. The zero-order valence-electron chi connectivity index (χ0n) is 15.4. The summed E-state index contributed by atoms with van der Waals surface area (Å²) in [4.78, 5) is 16.2. The molecule has 0 saturated heterocycles. The molecule has 0 saturated carbocycles. The van der Waals surface area contributed by atoms with Crippen molar-refractivity contribution in [1.82, 2.24) is 21.1 Å². The number of halogens is 1. The molecule has 2 atom stereocenters. The van der Waals surface area contributed by atoms with E-state index in [2.05, 4.69) is 30.6 Å². The summed E-state index contributed by atoms with van der Waals surface area (Å²) in [6, 6.07) is 4.08. The number of carbonyl (C=O) groups excluding carboxylic acids is 1. The van der Waals surface area contributed by atoms with Crippen molar-refractivity contribution in [3.05, 3.63) is 40.8 Å². The number of carbonyl (C=O) groups is 1. The predicted molar refractivity (Wildman–Crippen MR) is 102 cm³/mol. The van der Waals surface area contributed by atoms with Gasteiger partial charge in [0.15, 0.2) is 11.5 Å². The first-order valence-corrected chi connectivity index (χ1v) is 10.7. The minimum atomic E-state index is -2.68. The standard InChI is InChI=1S/C16H20FN7O4S/c1-29(18,27)5-4-19-13(25)8-20-15-14(23-28-24-15)16(22-26)21-12-6-9-2-3-10(17)7-11(9)12/h2-3,7,12,18,26H,4-6,8H2,1H3,(H,19,25)(H,20,24)(H,21,22)/t12-,29-/m0/s1. The summed E-state index contributed by atoms with van der Waals surface area (Å²) in [5.41, 5.74) is 3.66. The van der Waals surface area contributed by atoms with Gasteiger partial charge in [-0.15, -0.1) is 0 Å². The van der Waals surface area contributed by atoms with Gasteiger partial charge in [-0.1, -0.05) is 6.07 Å². The van der Waals surface area contributed by atoms with Crippen LogP contribution in [0.1, 0.15) is 22.9 Å². The van der Waals surface area contributed by atoms with E-state index in [4.69, 9.17) is 4.78 Å². The number of hydrogen-bond acceptors (Lipinski definition) is 9. The summed E-state index contributed by atoms with van der Waals surface area (Å²) in [5, 5.41) is 22.0. The van der Waals surface area contributed by atoms with Gasteiger partial charge in [-0.3, -0.25) is 29.5 Å². The number of aliphatic imine (C=N–C) groups is 1. The van der Waals surface area contributed by atoms with Gasteiger partial charge in [-0.05, 0) is 40.0 Å². The van der Waals surface area contributed by atoms with Crippen molar-refractivity contribution in [2.75, 3.05) is 30.4 Å². The van der Waals surface area contributed by atoms with Crippen LogP contribution in [0.15, 0.2) is 27.8 Å². The molecule has 5 N–H and O–H groups in total. The highest BCUT2D eigenvalue weighted by Gasteiger charge is 2.28. The molecule has 13 heteroatoms. The van der Waals surface area contributed by atoms with Crippen LogP contribution in [-0.4, -0.2) is 56.6 Å². The van der Waals surface area contributed by atoms with E-state index in [1.807, 2.05) is 5.48 Å². The molecular weight excluding hydrogens is 405 g/mol. The van der Waals surface area contributed by atoms with Crippen LogP contribution in [0, 0.1) is 10.6 Å². The summed E-state index contributed by atoms with van der Waals surface area (Å²) in [6.07, 6.45) is 1.87. The van der Waals surface area contributed by atoms with Crippen molar-refractivity contribution in [3.8, 4) is 0 Å². The summed E-state index contributed by atoms with van der Waals surface area (Å²) in [6.45, 7) is -0.0911. The number of hydrogen-bond donors (Lipinski definition) is 5. The highest BCUT2D eigenvalue weighted by atomic mass is 32.2. The van der Waals surface area contributed by atoms with E-state index in [9.17, 15) is 18.6 Å². The second-order valence-electron chi connectivity index (χ2n) is 6.53. The smallest absolute Gasteiger partial charge is 0.239 e. The Morgan fingerprint density at radius 3 is 3.00 bits per heavy atom. The molecule has 3 rings (SSSR count). The minimum Gasteiger partial charge on any atom is -0.356 e. The fourth-order valence-electron chi connectivity index (χ4n) is 2.73. The average molecular weight is 425 g/mol. The van der Waals surface area contributed by atoms with E-state index in [1.165, 1.54) is 18.4 Å². The van der Waals surface area contributed by atoms with Gasteiger partial charge in [0.2, 0.25) is 11.7 Å². The maximum absolute atomic E-state index is 13.4. The second-order valence-corrected chi connectivity index (χ2v) is 8.94. The van der Waals surface area contributed by atoms with Crippen molar-refractivity contribution < 1.29 is 23.2 Å². The fourth-order valence-corrected chi connectivity index (χ4v) is 3.23. The first kappa shape index (κ1) is 20.7. The quantitative estimate of drug-likeness (QED) is 0.231. The first-order chi connectivity index (χ1) is 13.8. The summed E-state index contributed by atoms with van der Waals surface area (Å²) in [5.74, 6) is -0.720. The maximum atomic E-state index is 13.4. The van der Waals surface area contributed by atoms with Crippen LogP contribution in [0.3, 0.4) is 0 Å². The third-order valence-electron chi connectivity index (χ3n) is 4.21. The highest BCUT2D eigenvalue weighted by Crippen LogP contribution is 2.36. The van der Waals surface area contributed by atoms with Crippen molar-refractivity contribution in [2.45, 2.75) is 12.5 Å². The molecule has 1 aliphatic carbocycles. The summed E-state index contributed by atoms with van der Waals surface area (Å²) in [7, 11) is -2.68. The summed E-state index contributed by atoms with van der Waals surface area (Å²) < 4.78 is 36.6. The number of hydroxylamine groups is 1. The first-order valence-electron chi connectivity index (χ1n) is 8.58. The van der Waals surface area contributed by atoms with Crippen molar-refractivity contribution in [2.24, 2.45) is 4.99 Å². The summed E-state index contributed by atoms with van der Waals surface area (Å²) >= 11 is 0. The monoisotopic (exact) mass is 425 g/mol. The Morgan fingerprint density at radius 2 is 2.28 bits per heavy atom. The number of benzene rings is 1. The van der Waals surface area contributed by atoms with E-state index in [0.717, 1.165) is 5.56 Å². The molecule has 0 radical (unpaired) electrons. The number of amides is 1. The number of amidine groups is 1.